The number of benzene rings is 1. The largest absolute Gasteiger partial charge is 0.508 e. The second kappa shape index (κ2) is 10.3. The van der Waals surface area contributed by atoms with Crippen molar-refractivity contribution in [2.75, 3.05) is 7.11 Å². The second-order valence-corrected chi connectivity index (χ2v) is 15.2. The summed E-state index contributed by atoms with van der Waals surface area (Å²) in [5.41, 5.74) is -3.35. The number of ketones is 2. The Morgan fingerprint density at radius 3 is 2.44 bits per heavy atom. The van der Waals surface area contributed by atoms with Gasteiger partial charge in [-0.3, -0.25) is 14.4 Å². The van der Waals surface area contributed by atoms with Crippen LogP contribution in [0.25, 0.3) is 11.0 Å². The number of hydrogen-bond donors (Lipinski definition) is 4. The monoisotopic (exact) mass is 620 g/mol. The van der Waals surface area contributed by atoms with Gasteiger partial charge in [0.15, 0.2) is 17.0 Å². The molecule has 45 heavy (non-hydrogen) atoms. The van der Waals surface area contributed by atoms with Gasteiger partial charge in [0.25, 0.3) is 0 Å². The number of ether oxygens (including phenoxy) is 1. The number of rotatable bonds is 4. The minimum absolute atomic E-state index is 0.0293. The number of carbonyl (C=O) groups is 2. The van der Waals surface area contributed by atoms with E-state index in [9.17, 15) is 34.8 Å². The van der Waals surface area contributed by atoms with Gasteiger partial charge in [-0.1, -0.05) is 32.4 Å². The van der Waals surface area contributed by atoms with Gasteiger partial charge in [-0.2, -0.15) is 0 Å². The molecular weight excluding hydrogens is 576 g/mol. The smallest absolute Gasteiger partial charge is 0.202 e. The number of aromatic hydroxyl groups is 2. The SMILES string of the molecule is COC1=CC(=O)[C@@]2(c3cc(=O)c4c(O)cc(O)cc4o3)[C@H](C[C@@H]3[C@@]4(C)C[C@@H](O)CC(C)(C)[C@@H]4CC[C@@]3(C)O)C(C)=CC[C@H]2C1=O. The molecular formula is C36H44O9. The Morgan fingerprint density at radius 2 is 1.76 bits per heavy atom. The van der Waals surface area contributed by atoms with Gasteiger partial charge in [0.05, 0.1) is 18.8 Å². The van der Waals surface area contributed by atoms with Crippen LogP contribution in [0.2, 0.25) is 0 Å². The molecule has 0 unspecified atom stereocenters. The van der Waals surface area contributed by atoms with Crippen molar-refractivity contribution >= 4 is 22.5 Å². The Balaban J connectivity index is 1.60. The van der Waals surface area contributed by atoms with Crippen LogP contribution in [0.4, 0.5) is 0 Å². The third kappa shape index (κ3) is 4.52. The van der Waals surface area contributed by atoms with Crippen molar-refractivity contribution in [1.82, 2.24) is 0 Å². The highest BCUT2D eigenvalue weighted by molar-refractivity contribution is 6.14. The molecule has 0 aliphatic heterocycles. The fourth-order valence-electron chi connectivity index (χ4n) is 10.4. The number of carbonyl (C=O) groups excluding carboxylic acids is 2. The molecule has 0 amide bonds. The van der Waals surface area contributed by atoms with Gasteiger partial charge in [0, 0.05) is 36.1 Å². The Labute approximate surface area is 262 Å². The van der Waals surface area contributed by atoms with Crippen molar-refractivity contribution in [3.63, 3.8) is 0 Å². The molecule has 0 bridgehead atoms. The summed E-state index contributed by atoms with van der Waals surface area (Å²) in [5.74, 6) is -3.52. The van der Waals surface area contributed by atoms with E-state index in [-0.39, 0.29) is 57.7 Å². The van der Waals surface area contributed by atoms with Gasteiger partial charge < -0.3 is 29.6 Å². The predicted molar refractivity (Wildman–Crippen MR) is 167 cm³/mol. The fraction of sp³-hybridized carbons (Fsp3) is 0.583. The summed E-state index contributed by atoms with van der Waals surface area (Å²) in [6.45, 7) is 10.2. The van der Waals surface area contributed by atoms with E-state index in [1.165, 1.54) is 25.3 Å². The Morgan fingerprint density at radius 1 is 1.04 bits per heavy atom. The lowest BCUT2D eigenvalue weighted by Gasteiger charge is -2.63. The van der Waals surface area contributed by atoms with Crippen LogP contribution in [-0.4, -0.2) is 50.8 Å². The number of Topliss-reactive ketones (excluding diaryl/α,β-unsaturated/α-hetero) is 1. The highest BCUT2D eigenvalue weighted by Crippen LogP contribution is 2.65. The Bertz CT molecular complexity index is 1710. The van der Waals surface area contributed by atoms with Crippen LogP contribution < -0.4 is 5.43 Å². The van der Waals surface area contributed by atoms with Gasteiger partial charge >= 0.3 is 0 Å². The molecule has 9 nitrogen and oxygen atoms in total. The van der Waals surface area contributed by atoms with Crippen LogP contribution in [0.5, 0.6) is 11.5 Å². The highest BCUT2D eigenvalue weighted by Gasteiger charge is 2.65. The molecule has 2 fully saturated rings. The van der Waals surface area contributed by atoms with Crippen LogP contribution in [0.15, 0.2) is 50.9 Å². The van der Waals surface area contributed by atoms with E-state index < -0.39 is 51.3 Å². The van der Waals surface area contributed by atoms with E-state index >= 15 is 0 Å². The maximum atomic E-state index is 14.6. The predicted octanol–water partition coefficient (Wildman–Crippen LogP) is 5.06. The summed E-state index contributed by atoms with van der Waals surface area (Å²) in [5, 5.41) is 43.8. The first-order valence-electron chi connectivity index (χ1n) is 15.9. The molecule has 242 valence electrons. The summed E-state index contributed by atoms with van der Waals surface area (Å²) in [6, 6.07) is 3.44. The maximum Gasteiger partial charge on any atom is 0.202 e. The maximum absolute atomic E-state index is 14.6. The first kappa shape index (κ1) is 31.5. The van der Waals surface area contributed by atoms with Crippen molar-refractivity contribution in [2.45, 2.75) is 90.3 Å². The van der Waals surface area contributed by atoms with Crippen molar-refractivity contribution in [3.05, 3.63) is 57.7 Å². The molecule has 4 aliphatic carbocycles. The highest BCUT2D eigenvalue weighted by atomic mass is 16.5. The molecule has 8 atom stereocenters. The lowest BCUT2D eigenvalue weighted by molar-refractivity contribution is -0.194. The van der Waals surface area contributed by atoms with E-state index in [2.05, 4.69) is 20.8 Å². The molecule has 0 spiro atoms. The van der Waals surface area contributed by atoms with Crippen LogP contribution in [0.1, 0.15) is 78.9 Å². The summed E-state index contributed by atoms with van der Waals surface area (Å²) < 4.78 is 11.6. The van der Waals surface area contributed by atoms with Gasteiger partial charge in [-0.05, 0) is 75.0 Å². The van der Waals surface area contributed by atoms with Crippen molar-refractivity contribution in [2.24, 2.45) is 34.5 Å². The van der Waals surface area contributed by atoms with Gasteiger partial charge in [0.2, 0.25) is 5.78 Å². The molecule has 0 radical (unpaired) electrons. The third-order valence-electron chi connectivity index (χ3n) is 12.1. The third-order valence-corrected chi connectivity index (χ3v) is 12.1. The van der Waals surface area contributed by atoms with Gasteiger partial charge in [-0.25, -0.2) is 0 Å². The van der Waals surface area contributed by atoms with E-state index in [0.29, 0.717) is 25.7 Å². The number of allylic oxidation sites excluding steroid dienone is 4. The zero-order valence-corrected chi connectivity index (χ0v) is 26.8. The molecule has 2 saturated carbocycles. The second-order valence-electron chi connectivity index (χ2n) is 15.2. The number of phenols is 2. The first-order chi connectivity index (χ1) is 21.0. The zero-order chi connectivity index (χ0) is 32.9. The summed E-state index contributed by atoms with van der Waals surface area (Å²) in [7, 11) is 1.34. The van der Waals surface area contributed by atoms with Crippen molar-refractivity contribution in [1.29, 1.82) is 0 Å². The molecule has 2 aromatic rings. The van der Waals surface area contributed by atoms with Gasteiger partial charge in [-0.15, -0.1) is 0 Å². The van der Waals surface area contributed by atoms with E-state index in [0.717, 1.165) is 18.1 Å². The average molecular weight is 621 g/mol. The van der Waals surface area contributed by atoms with E-state index in [1.54, 1.807) is 0 Å². The Kier molecular flexibility index (Phi) is 7.21. The van der Waals surface area contributed by atoms with E-state index in [1.807, 2.05) is 19.9 Å². The number of aliphatic hydroxyl groups is 2. The van der Waals surface area contributed by atoms with Gasteiger partial charge in [0.1, 0.15) is 33.6 Å². The van der Waals surface area contributed by atoms with Crippen LogP contribution in [0.3, 0.4) is 0 Å². The molecule has 9 heteroatoms. The molecule has 4 aliphatic rings. The topological polar surface area (TPSA) is 154 Å². The lowest BCUT2D eigenvalue weighted by Crippen LogP contribution is -2.62. The van der Waals surface area contributed by atoms with Crippen molar-refractivity contribution < 1.29 is 39.2 Å². The molecule has 0 saturated heterocycles. The first-order valence-corrected chi connectivity index (χ1v) is 15.9. The molecule has 1 heterocycles. The minimum atomic E-state index is -1.66. The average Bonchev–Trinajstić information content (AvgIpc) is 2.91. The normalized spacial score (nSPS) is 37.8. The molecule has 6 rings (SSSR count). The molecule has 1 aromatic carbocycles. The number of fused-ring (bicyclic) bond motifs is 3. The molecule has 1 aromatic heterocycles. The van der Waals surface area contributed by atoms with Crippen molar-refractivity contribution in [3.8, 4) is 11.5 Å². The number of hydrogen-bond acceptors (Lipinski definition) is 9. The Hall–Kier alpha value is -3.43. The number of methoxy groups -OCH3 is 1. The number of phenolic OH excluding ortho intramolecular Hbond substituents is 2. The summed E-state index contributed by atoms with van der Waals surface area (Å²) in [6.07, 6.45) is 5.60. The van der Waals surface area contributed by atoms with Crippen LogP contribution in [0, 0.1) is 34.5 Å². The minimum Gasteiger partial charge on any atom is -0.508 e. The zero-order valence-electron chi connectivity index (χ0n) is 26.8. The quantitative estimate of drug-likeness (QED) is 0.343. The van der Waals surface area contributed by atoms with Crippen LogP contribution >= 0.6 is 0 Å². The standard InChI is InChI=1S/C36H44O9/c1-18-7-8-21-32(42)26(44-6)15-29(41)36(21,30-14-24(40)31-23(39)11-19(37)12-25(31)45-30)22(18)13-28-34(4)17-20(38)16-33(2,3)27(34)9-10-35(28,5)43/h7,11-12,14-15,20-22,27-28,37-39,43H,8-10,13,16-17H2,1-6H3/t20-,21-,22+,27-,28+,34-,35+,36-/m0/s1. The lowest BCUT2D eigenvalue weighted by atomic mass is 9.42. The fourth-order valence-corrected chi connectivity index (χ4v) is 10.4. The van der Waals surface area contributed by atoms with Crippen LogP contribution in [-0.2, 0) is 19.7 Å². The number of aliphatic hydroxyl groups excluding tert-OH is 1. The summed E-state index contributed by atoms with van der Waals surface area (Å²) >= 11 is 0. The van der Waals surface area contributed by atoms with E-state index in [4.69, 9.17) is 9.15 Å². The summed E-state index contributed by atoms with van der Waals surface area (Å²) in [4.78, 5) is 42.2. The molecule has 4 N–H and O–H groups in total.